The van der Waals surface area contributed by atoms with Crippen molar-refractivity contribution in [2.75, 3.05) is 6.54 Å². The predicted octanol–water partition coefficient (Wildman–Crippen LogP) is -1.71. The first kappa shape index (κ1) is 22.4. The molecule has 0 aromatic rings. The third-order valence-corrected chi connectivity index (χ3v) is 4.50. The maximum Gasteiger partial charge on any atom is 0.333 e. The van der Waals surface area contributed by atoms with Gasteiger partial charge in [-0.25, -0.2) is 4.79 Å². The first-order valence-corrected chi connectivity index (χ1v) is 9.24. The Kier molecular flexibility index (Phi) is 7.72. The minimum atomic E-state index is -4.82. The summed E-state index contributed by atoms with van der Waals surface area (Å²) < 4.78 is 30.8. The molecule has 0 aliphatic carbocycles. The van der Waals surface area contributed by atoms with E-state index in [-0.39, 0.29) is 36.7 Å². The number of amides is 3. The largest absolute Gasteiger partial charge is 0.349 e. The van der Waals surface area contributed by atoms with Crippen LogP contribution >= 0.6 is 0 Å². The lowest BCUT2D eigenvalue weighted by Gasteiger charge is -2.13. The maximum absolute atomic E-state index is 11.7. The zero-order valence-corrected chi connectivity index (χ0v) is 15.1. The molecule has 1 fully saturated rings. The number of rotatable bonds is 10. The Hall–Kier alpha value is -2.67. The number of imide groups is 1. The molecule has 1 atom stereocenters. The van der Waals surface area contributed by atoms with Crippen LogP contribution in [0, 0.1) is 0 Å². The second-order valence-corrected chi connectivity index (χ2v) is 7.31. The summed E-state index contributed by atoms with van der Waals surface area (Å²) in [6, 6.07) is 0. The number of hydrogen-bond acceptors (Lipinski definition) is 9. The van der Waals surface area contributed by atoms with Crippen molar-refractivity contribution >= 4 is 45.4 Å². The highest BCUT2D eigenvalue weighted by molar-refractivity contribution is 7.87. The molecule has 13 heteroatoms. The fourth-order valence-electron chi connectivity index (χ4n) is 1.96. The van der Waals surface area contributed by atoms with Gasteiger partial charge in [0, 0.05) is 19.3 Å². The highest BCUT2D eigenvalue weighted by Gasteiger charge is 2.48. The van der Waals surface area contributed by atoms with Gasteiger partial charge in [-0.1, -0.05) is 0 Å². The summed E-state index contributed by atoms with van der Waals surface area (Å²) in [4.78, 5) is 72.9. The van der Waals surface area contributed by atoms with Crippen LogP contribution in [0.3, 0.4) is 0 Å². The third-order valence-electron chi connectivity index (χ3n) is 3.41. The van der Waals surface area contributed by atoms with Crippen molar-refractivity contribution in [3.63, 3.8) is 0 Å². The minimum absolute atomic E-state index is 0.0365. The van der Waals surface area contributed by atoms with Crippen LogP contribution in [0.1, 0.15) is 39.0 Å². The minimum Gasteiger partial charge on any atom is -0.349 e. The molecule has 150 valence electrons. The van der Waals surface area contributed by atoms with Crippen molar-refractivity contribution in [3.05, 3.63) is 0 Å². The van der Waals surface area contributed by atoms with E-state index in [0.717, 1.165) is 0 Å². The van der Waals surface area contributed by atoms with E-state index in [1.165, 1.54) is 6.92 Å². The summed E-state index contributed by atoms with van der Waals surface area (Å²) in [6.07, 6.45) is -1.80. The van der Waals surface area contributed by atoms with Gasteiger partial charge in [0.25, 0.3) is 21.9 Å². The van der Waals surface area contributed by atoms with Crippen LogP contribution in [-0.2, 0) is 43.7 Å². The van der Waals surface area contributed by atoms with Gasteiger partial charge in [-0.3, -0.25) is 23.7 Å². The molecule has 0 spiro atoms. The van der Waals surface area contributed by atoms with Crippen LogP contribution in [0.5, 0.6) is 0 Å². The number of nitrogens with zero attached hydrogens (tertiary/aromatic N) is 1. The van der Waals surface area contributed by atoms with E-state index in [4.69, 9.17) is 4.55 Å². The molecule has 12 nitrogen and oxygen atoms in total. The Balaban J connectivity index is 2.39. The highest BCUT2D eigenvalue weighted by atomic mass is 32.2. The van der Waals surface area contributed by atoms with E-state index in [2.05, 4.69) is 10.2 Å². The first-order chi connectivity index (χ1) is 12.4. The van der Waals surface area contributed by atoms with Crippen LogP contribution in [0.15, 0.2) is 0 Å². The van der Waals surface area contributed by atoms with Gasteiger partial charge in [-0.2, -0.15) is 8.42 Å². The SMILES string of the molecule is CC(=O)CCC(=O)NCC(=O)CCC(=O)ON1C(=O)CC(S(=O)(=O)O)C1=O. The number of hydroxylamine groups is 2. The van der Waals surface area contributed by atoms with E-state index >= 15 is 0 Å². The van der Waals surface area contributed by atoms with Gasteiger partial charge in [-0.05, 0) is 6.92 Å². The molecule has 0 aromatic carbocycles. The number of hydrogen-bond donors (Lipinski definition) is 2. The summed E-state index contributed by atoms with van der Waals surface area (Å²) >= 11 is 0. The van der Waals surface area contributed by atoms with Crippen LogP contribution in [0.25, 0.3) is 0 Å². The number of nitrogens with one attached hydrogen (secondary N) is 1. The molecular formula is C14H18N2O10S. The van der Waals surface area contributed by atoms with Gasteiger partial charge < -0.3 is 14.9 Å². The quantitative estimate of drug-likeness (QED) is 0.313. The van der Waals surface area contributed by atoms with Gasteiger partial charge >= 0.3 is 5.97 Å². The van der Waals surface area contributed by atoms with Crippen molar-refractivity contribution in [2.24, 2.45) is 0 Å². The highest BCUT2D eigenvalue weighted by Crippen LogP contribution is 2.20. The van der Waals surface area contributed by atoms with Crippen LogP contribution in [0.2, 0.25) is 0 Å². The van der Waals surface area contributed by atoms with Crippen molar-refractivity contribution < 1.29 is 46.6 Å². The van der Waals surface area contributed by atoms with Gasteiger partial charge in [-0.15, -0.1) is 5.06 Å². The fraction of sp³-hybridized carbons (Fsp3) is 0.571. The van der Waals surface area contributed by atoms with E-state index in [0.29, 0.717) is 0 Å². The average Bonchev–Trinajstić information content (AvgIpc) is 2.84. The molecule has 27 heavy (non-hydrogen) atoms. The molecule has 3 amide bonds. The normalized spacial score (nSPS) is 17.0. The second-order valence-electron chi connectivity index (χ2n) is 5.71. The molecule has 0 radical (unpaired) electrons. The molecule has 1 aliphatic rings. The molecule has 1 aliphatic heterocycles. The number of ketones is 2. The lowest BCUT2D eigenvalue weighted by atomic mass is 10.2. The van der Waals surface area contributed by atoms with Gasteiger partial charge in [0.05, 0.1) is 19.4 Å². The number of carbonyl (C=O) groups is 6. The molecule has 0 saturated carbocycles. The molecule has 0 bridgehead atoms. The van der Waals surface area contributed by atoms with Crippen molar-refractivity contribution in [3.8, 4) is 0 Å². The predicted molar refractivity (Wildman–Crippen MR) is 85.1 cm³/mol. The maximum atomic E-state index is 11.7. The Bertz CT molecular complexity index is 773. The molecular weight excluding hydrogens is 388 g/mol. The molecule has 1 unspecified atom stereocenters. The van der Waals surface area contributed by atoms with E-state index in [1.807, 2.05) is 0 Å². The topological polar surface area (TPSA) is 181 Å². The van der Waals surface area contributed by atoms with Crippen molar-refractivity contribution in [1.29, 1.82) is 0 Å². The van der Waals surface area contributed by atoms with Crippen LogP contribution < -0.4 is 5.32 Å². The van der Waals surface area contributed by atoms with Crippen LogP contribution in [0.4, 0.5) is 0 Å². The van der Waals surface area contributed by atoms with Crippen LogP contribution in [-0.4, -0.2) is 65.1 Å². The standard InChI is InChI=1S/C14H18N2O10S/c1-8(17)2-4-11(19)15-7-9(18)3-5-13(21)26-16-12(20)6-10(14(16)22)27(23,24)25/h10H,2-7H2,1H3,(H,15,19)(H,23,24,25). The Morgan fingerprint density at radius 3 is 2.30 bits per heavy atom. The lowest BCUT2D eigenvalue weighted by Crippen LogP contribution is -2.37. The Morgan fingerprint density at radius 2 is 1.78 bits per heavy atom. The van der Waals surface area contributed by atoms with Gasteiger partial charge in [0.2, 0.25) is 5.91 Å². The smallest absolute Gasteiger partial charge is 0.333 e. The summed E-state index contributed by atoms with van der Waals surface area (Å²) in [5.74, 6) is -4.91. The van der Waals surface area contributed by atoms with Gasteiger partial charge in [0.15, 0.2) is 11.0 Å². The molecule has 1 saturated heterocycles. The van der Waals surface area contributed by atoms with Crippen molar-refractivity contribution in [1.82, 2.24) is 10.4 Å². The summed E-state index contributed by atoms with van der Waals surface area (Å²) in [5, 5.41) is 0.167. The number of carbonyl (C=O) groups excluding carboxylic acids is 6. The number of Topliss-reactive ketones (excluding diaryl/α,β-unsaturated/α-hetero) is 2. The van der Waals surface area contributed by atoms with Gasteiger partial charge in [0.1, 0.15) is 5.78 Å². The summed E-state index contributed by atoms with van der Waals surface area (Å²) in [6.45, 7) is 0.939. The monoisotopic (exact) mass is 406 g/mol. The molecule has 1 rings (SSSR count). The molecule has 1 heterocycles. The Morgan fingerprint density at radius 1 is 1.15 bits per heavy atom. The molecule has 2 N–H and O–H groups in total. The summed E-state index contributed by atoms with van der Waals surface area (Å²) in [5.41, 5.74) is 0. The third kappa shape index (κ3) is 7.22. The Labute approximate surface area is 153 Å². The van der Waals surface area contributed by atoms with E-state index in [1.54, 1.807) is 0 Å². The van der Waals surface area contributed by atoms with E-state index in [9.17, 15) is 37.2 Å². The molecule has 0 aromatic heterocycles. The van der Waals surface area contributed by atoms with E-state index < -0.39 is 57.7 Å². The lowest BCUT2D eigenvalue weighted by molar-refractivity contribution is -0.197. The van der Waals surface area contributed by atoms with Crippen molar-refractivity contribution in [2.45, 2.75) is 44.3 Å². The fourth-order valence-corrected chi connectivity index (χ4v) is 2.67. The first-order valence-electron chi connectivity index (χ1n) is 7.73. The zero-order valence-electron chi connectivity index (χ0n) is 14.3. The average molecular weight is 406 g/mol. The zero-order chi connectivity index (χ0) is 20.8. The summed E-state index contributed by atoms with van der Waals surface area (Å²) in [7, 11) is -4.82. The second kappa shape index (κ2) is 9.32.